The van der Waals surface area contributed by atoms with E-state index in [2.05, 4.69) is 4.72 Å². The van der Waals surface area contributed by atoms with E-state index in [0.29, 0.717) is 6.61 Å². The molecular weight excluding hydrogens is 510 g/mol. The predicted molar refractivity (Wildman–Crippen MR) is 142 cm³/mol. The molecule has 10 heteroatoms. The van der Waals surface area contributed by atoms with E-state index in [-0.39, 0.29) is 11.5 Å². The first kappa shape index (κ1) is 30.2. The first-order valence-electron chi connectivity index (χ1n) is 12.5. The van der Waals surface area contributed by atoms with Crippen molar-refractivity contribution in [3.05, 3.63) is 65.7 Å². The Balaban J connectivity index is 1.90. The second-order valence-electron chi connectivity index (χ2n) is 11.2. The van der Waals surface area contributed by atoms with Gasteiger partial charge in [-0.1, -0.05) is 48.0 Å². The average Bonchev–Trinajstić information content (AvgIpc) is 3.12. The normalized spacial score (nSPS) is 22.0. The van der Waals surface area contributed by atoms with E-state index in [1.54, 1.807) is 46.8 Å². The van der Waals surface area contributed by atoms with Crippen molar-refractivity contribution in [2.45, 2.75) is 95.2 Å². The standard InChI is InChI=1S/C28H39NO8S/c1-19-13-15-21(16-14-19)38(32,33)29-28(7,25(31)37-26(2,3)4)24(30)23-22(35-27(5,6)36-23)18-34-17-20-11-9-8-10-12-20/h8-16,22-24,29-30H,17-18H2,1-7H3/t22-,23+,24+,28-/m0/s1. The Kier molecular flexibility index (Phi) is 9.07. The highest BCUT2D eigenvalue weighted by molar-refractivity contribution is 7.89. The van der Waals surface area contributed by atoms with Crippen LogP contribution in [0.15, 0.2) is 59.5 Å². The number of aryl methyl sites for hydroxylation is 1. The van der Waals surface area contributed by atoms with E-state index >= 15 is 0 Å². The summed E-state index contributed by atoms with van der Waals surface area (Å²) in [6.07, 6.45) is -3.60. The summed E-state index contributed by atoms with van der Waals surface area (Å²) in [6, 6.07) is 15.7. The molecule has 210 valence electrons. The third-order valence-corrected chi connectivity index (χ3v) is 7.60. The third kappa shape index (κ3) is 7.62. The molecule has 0 unspecified atom stereocenters. The van der Waals surface area contributed by atoms with Crippen LogP contribution in [-0.2, 0) is 40.4 Å². The number of rotatable bonds is 10. The van der Waals surface area contributed by atoms with Crippen LogP contribution in [0.1, 0.15) is 52.7 Å². The molecule has 38 heavy (non-hydrogen) atoms. The van der Waals surface area contributed by atoms with Gasteiger partial charge in [0.15, 0.2) is 11.3 Å². The summed E-state index contributed by atoms with van der Waals surface area (Å²) in [5, 5.41) is 11.6. The summed E-state index contributed by atoms with van der Waals surface area (Å²) in [7, 11) is -4.25. The zero-order valence-electron chi connectivity index (χ0n) is 23.1. The third-order valence-electron chi connectivity index (χ3n) is 6.02. The quantitative estimate of drug-likeness (QED) is 0.433. The van der Waals surface area contributed by atoms with Gasteiger partial charge in [-0.25, -0.2) is 13.2 Å². The van der Waals surface area contributed by atoms with Crippen molar-refractivity contribution in [1.82, 2.24) is 4.72 Å². The Labute approximate surface area is 225 Å². The summed E-state index contributed by atoms with van der Waals surface area (Å²) in [4.78, 5) is 13.4. The molecule has 1 aliphatic heterocycles. The minimum absolute atomic E-state index is 0.0369. The molecule has 0 amide bonds. The highest BCUT2D eigenvalue weighted by Crippen LogP contribution is 2.35. The molecule has 9 nitrogen and oxygen atoms in total. The summed E-state index contributed by atoms with van der Waals surface area (Å²) < 4.78 is 52.5. The Hall–Kier alpha value is -2.34. The molecule has 2 aromatic carbocycles. The van der Waals surface area contributed by atoms with Gasteiger partial charge < -0.3 is 24.1 Å². The van der Waals surface area contributed by atoms with Crippen molar-refractivity contribution >= 4 is 16.0 Å². The molecule has 2 N–H and O–H groups in total. The van der Waals surface area contributed by atoms with Gasteiger partial charge in [-0.05, 0) is 66.2 Å². The van der Waals surface area contributed by atoms with Crippen LogP contribution >= 0.6 is 0 Å². The molecule has 3 rings (SSSR count). The Morgan fingerprint density at radius 1 is 1.05 bits per heavy atom. The molecule has 0 aromatic heterocycles. The largest absolute Gasteiger partial charge is 0.458 e. The maximum atomic E-state index is 13.5. The monoisotopic (exact) mass is 549 g/mol. The van der Waals surface area contributed by atoms with Gasteiger partial charge in [0.05, 0.1) is 18.1 Å². The topological polar surface area (TPSA) is 120 Å². The predicted octanol–water partition coefficient (Wildman–Crippen LogP) is 3.47. The number of carbonyl (C=O) groups excluding carboxylic acids is 1. The first-order chi connectivity index (χ1) is 17.5. The lowest BCUT2D eigenvalue weighted by Gasteiger charge is -2.38. The van der Waals surface area contributed by atoms with E-state index in [1.807, 2.05) is 37.3 Å². The van der Waals surface area contributed by atoms with Crippen molar-refractivity contribution in [2.75, 3.05) is 6.61 Å². The smallest absolute Gasteiger partial charge is 0.330 e. The molecule has 1 aliphatic rings. The van der Waals surface area contributed by atoms with Crippen LogP contribution in [-0.4, -0.2) is 61.3 Å². The van der Waals surface area contributed by atoms with Gasteiger partial charge in [-0.3, -0.25) is 0 Å². The summed E-state index contributed by atoms with van der Waals surface area (Å²) in [5.74, 6) is -2.07. The second-order valence-corrected chi connectivity index (χ2v) is 12.9. The number of aliphatic hydroxyl groups is 1. The van der Waals surface area contributed by atoms with Crippen LogP contribution in [0.5, 0.6) is 0 Å². The van der Waals surface area contributed by atoms with Crippen molar-refractivity contribution in [3.63, 3.8) is 0 Å². The van der Waals surface area contributed by atoms with Gasteiger partial charge in [0, 0.05) is 0 Å². The second kappa shape index (κ2) is 11.4. The van der Waals surface area contributed by atoms with E-state index in [4.69, 9.17) is 18.9 Å². The lowest BCUT2D eigenvalue weighted by molar-refractivity contribution is -0.179. The molecule has 0 saturated carbocycles. The molecule has 0 aliphatic carbocycles. The molecule has 0 spiro atoms. The number of hydrogen-bond acceptors (Lipinski definition) is 8. The minimum Gasteiger partial charge on any atom is -0.458 e. The summed E-state index contributed by atoms with van der Waals surface area (Å²) in [6.45, 7) is 11.8. The lowest BCUT2D eigenvalue weighted by Crippen LogP contribution is -2.65. The summed E-state index contributed by atoms with van der Waals surface area (Å²) >= 11 is 0. The maximum absolute atomic E-state index is 13.5. The molecular formula is C28H39NO8S. The molecule has 0 bridgehead atoms. The van der Waals surface area contributed by atoms with E-state index < -0.39 is 51.2 Å². The number of esters is 1. The fourth-order valence-electron chi connectivity index (χ4n) is 4.12. The van der Waals surface area contributed by atoms with Crippen LogP contribution in [0, 0.1) is 6.92 Å². The van der Waals surface area contributed by atoms with Crippen molar-refractivity contribution in [3.8, 4) is 0 Å². The Morgan fingerprint density at radius 3 is 2.24 bits per heavy atom. The van der Waals surface area contributed by atoms with Gasteiger partial charge in [0.1, 0.15) is 23.9 Å². The van der Waals surface area contributed by atoms with Crippen LogP contribution in [0.3, 0.4) is 0 Å². The van der Waals surface area contributed by atoms with Crippen LogP contribution in [0.2, 0.25) is 0 Å². The molecule has 0 radical (unpaired) electrons. The van der Waals surface area contributed by atoms with Gasteiger partial charge >= 0.3 is 5.97 Å². The molecule has 4 atom stereocenters. The fraction of sp³-hybridized carbons (Fsp3) is 0.536. The van der Waals surface area contributed by atoms with E-state index in [1.165, 1.54) is 19.1 Å². The number of hydrogen-bond donors (Lipinski definition) is 2. The van der Waals surface area contributed by atoms with E-state index in [9.17, 15) is 18.3 Å². The highest BCUT2D eigenvalue weighted by atomic mass is 32.2. The van der Waals surface area contributed by atoms with Gasteiger partial charge in [-0.15, -0.1) is 0 Å². The first-order valence-corrected chi connectivity index (χ1v) is 14.0. The number of nitrogens with one attached hydrogen (secondary N) is 1. The van der Waals surface area contributed by atoms with Crippen LogP contribution < -0.4 is 4.72 Å². The van der Waals surface area contributed by atoms with Gasteiger partial charge in [-0.2, -0.15) is 4.72 Å². The Bertz CT molecular complexity index is 1190. The van der Waals surface area contributed by atoms with Gasteiger partial charge in [0.25, 0.3) is 0 Å². The number of benzene rings is 2. The molecule has 1 heterocycles. The van der Waals surface area contributed by atoms with Crippen molar-refractivity contribution in [1.29, 1.82) is 0 Å². The number of ether oxygens (including phenoxy) is 4. The number of aliphatic hydroxyl groups excluding tert-OH is 1. The van der Waals surface area contributed by atoms with Crippen LogP contribution in [0.25, 0.3) is 0 Å². The zero-order chi connectivity index (χ0) is 28.4. The lowest BCUT2D eigenvalue weighted by atomic mass is 9.89. The van der Waals surface area contributed by atoms with Gasteiger partial charge in [0.2, 0.25) is 10.0 Å². The molecule has 1 fully saturated rings. The zero-order valence-corrected chi connectivity index (χ0v) is 23.9. The van der Waals surface area contributed by atoms with Crippen molar-refractivity contribution in [2.24, 2.45) is 0 Å². The average molecular weight is 550 g/mol. The fourth-order valence-corrected chi connectivity index (χ4v) is 5.49. The number of sulfonamides is 1. The Morgan fingerprint density at radius 2 is 1.66 bits per heavy atom. The summed E-state index contributed by atoms with van der Waals surface area (Å²) in [5.41, 5.74) is -1.25. The number of carbonyl (C=O) groups is 1. The van der Waals surface area contributed by atoms with Crippen molar-refractivity contribution < 1.29 is 37.3 Å². The minimum atomic E-state index is -4.25. The van der Waals surface area contributed by atoms with Crippen LogP contribution in [0.4, 0.5) is 0 Å². The SMILES string of the molecule is Cc1ccc(S(=O)(=O)N[C@](C)(C(=O)OC(C)(C)C)[C@H](O)[C@@H]2OC(C)(C)O[C@H]2COCc2ccccc2)cc1. The van der Waals surface area contributed by atoms with E-state index in [0.717, 1.165) is 11.1 Å². The molecule has 1 saturated heterocycles. The molecule has 2 aromatic rings. The highest BCUT2D eigenvalue weighted by Gasteiger charge is 2.56. The maximum Gasteiger partial charge on any atom is 0.330 e.